The maximum Gasteiger partial charge on any atom is 0.255 e. The molecule has 1 saturated carbocycles. The van der Waals surface area contributed by atoms with Gasteiger partial charge in [0.05, 0.1) is 65.4 Å². The van der Waals surface area contributed by atoms with Crippen LogP contribution in [0.15, 0.2) is 163 Å². The van der Waals surface area contributed by atoms with Gasteiger partial charge in [0.15, 0.2) is 18.5 Å². The molecule has 14 nitrogen and oxygen atoms in total. The molecule has 0 saturated heterocycles. The third kappa shape index (κ3) is 26.7. The zero-order valence-electron chi connectivity index (χ0n) is 99.6. The number of fused-ring (bicyclic) bond motifs is 7. The highest BCUT2D eigenvalue weighted by Gasteiger charge is 2.38. The maximum absolute atomic E-state index is 12.6. The summed E-state index contributed by atoms with van der Waals surface area (Å²) in [4.78, 5) is 32.1. The Morgan fingerprint density at radius 1 is 0.363 bits per heavy atom. The van der Waals surface area contributed by atoms with Crippen molar-refractivity contribution >= 4 is 81.9 Å². The molecule has 14 heteroatoms. The summed E-state index contributed by atoms with van der Waals surface area (Å²) in [5.41, 5.74) is 30.7. The fourth-order valence-corrected chi connectivity index (χ4v) is 20.4. The molecule has 0 amide bonds. The molecule has 1 N–H and O–H groups in total. The van der Waals surface area contributed by atoms with Gasteiger partial charge < -0.3 is 14.2 Å². The largest absolute Gasteiger partial charge is 0.496 e. The lowest BCUT2D eigenvalue weighted by Crippen LogP contribution is -2.43. The first-order valence-corrected chi connectivity index (χ1v) is 53.6. The Balaban J connectivity index is 0.000000175. The first-order chi connectivity index (χ1) is 66.9. The van der Waals surface area contributed by atoms with Gasteiger partial charge >= 0.3 is 0 Å². The van der Waals surface area contributed by atoms with Crippen LogP contribution in [0.4, 0.5) is 0 Å². The smallest absolute Gasteiger partial charge is 0.255 e. The average molecular weight is 1980 g/mol. The van der Waals surface area contributed by atoms with Crippen molar-refractivity contribution in [3.63, 3.8) is 0 Å². The molecule has 14 aromatic rings. The SMILES string of the molecule is CC(C)(C)c1cnc2c(C(C)(C)C)cccc2c1C1=CCCC1.CC(C)(C)c1cnc2c(C(C)(C)C)cccc2c1C1CCC1.CC(C)(C)c1n[nH]c2c(C(C)(C)C)cccc2c1=O.CC(C)c1c(C(C)(C)C)cnc2c(C(C)(C)C)cccc12.COc1c(C(C)(C)C)[n+](C)nc2c(C(C)(C)C)cccc12.COc1c(C(C)(C)C)nnc2c(C(C)(C)C)cccc12.COc1cc(C(C)(C)C)nc2cccc(C(C)(C)C)c12. The van der Waals surface area contributed by atoms with Gasteiger partial charge in [-0.1, -0.05) is 404 Å². The predicted molar refractivity (Wildman–Crippen MR) is 626 cm³/mol. The van der Waals surface area contributed by atoms with Crippen molar-refractivity contribution in [2.45, 2.75) is 431 Å². The van der Waals surface area contributed by atoms with Gasteiger partial charge in [-0.05, 0) is 221 Å². The van der Waals surface area contributed by atoms with E-state index >= 15 is 0 Å². The van der Waals surface area contributed by atoms with Gasteiger partial charge in [-0.25, -0.2) is 0 Å². The molecule has 7 aromatic heterocycles. The Morgan fingerprint density at radius 2 is 0.753 bits per heavy atom. The number of aromatic nitrogens is 10. The monoisotopic (exact) mass is 1970 g/mol. The summed E-state index contributed by atoms with van der Waals surface area (Å²) in [6.07, 6.45) is 16.6. The Morgan fingerprint density at radius 3 is 1.16 bits per heavy atom. The van der Waals surface area contributed by atoms with Crippen LogP contribution >= 0.6 is 0 Å². The van der Waals surface area contributed by atoms with E-state index in [2.05, 4.69) is 450 Å². The first kappa shape index (κ1) is 117. The average Bonchev–Trinajstić information content (AvgIpc) is 0.914. The van der Waals surface area contributed by atoms with Crippen LogP contribution in [0.2, 0.25) is 0 Å². The number of rotatable bonds is 6. The number of pyridine rings is 4. The lowest BCUT2D eigenvalue weighted by atomic mass is 9.71. The number of hydrogen-bond donors (Lipinski definition) is 1. The highest BCUT2D eigenvalue weighted by molar-refractivity contribution is 5.97. The summed E-state index contributed by atoms with van der Waals surface area (Å²) >= 11 is 0. The van der Waals surface area contributed by atoms with Crippen molar-refractivity contribution in [1.82, 2.24) is 45.4 Å². The quantitative estimate of drug-likeness (QED) is 0.157. The molecule has 7 aromatic carbocycles. The number of nitrogens with zero attached hydrogens (tertiary/aromatic N) is 9. The standard InChI is InChI=1S/C22H29N.C21H29N.C20H29N.C18H27N2O.C18H25NO.C17H24N2O.C16H22N2O/c1-21(2,3)17-13-9-12-16-19(15-10-7-8-11-15)18(22(4,5)6)14-23-20(16)17;1-20(2,3)16-12-8-11-15-18(14-9-7-10-14)17(21(4,5)6)13-22-19(15)16;1-13(2)17-14-10-9-11-15(19(3,4)5)18(14)21-12-16(17)20(6,7)8;1-17(2,3)13-11-9-10-12-14(13)19-20(7)16(15(12)21-8)18(4,5)6;1-17(2,3)12-9-8-10-13-16(12)14(20-7)11-15(19-13)18(4,5)6;1-16(2,3)12-10-8-9-11-13(12)18-19-15(14(11)20-7)17(4,5)6;1-15(2,3)11-9-7-8-10-12(11)17-18-14(13(10)19)16(4,5)6/h9-10,12-14H,7-8,11H2,1-6H3;8,11-14H,7,9-10H2,1-6H3;9-13H,1-8H3;9-11H,1-8H3;8-11H,1-7H3;8-10H,1-7H3;7-9H,1-6H3,(H,17,19)/q;;;+1;;;. The zero-order valence-corrected chi connectivity index (χ0v) is 99.6. The number of nitrogens with one attached hydrogen (secondary N) is 1. The van der Waals surface area contributed by atoms with Gasteiger partial charge in [0.2, 0.25) is 5.43 Å². The summed E-state index contributed by atoms with van der Waals surface area (Å²) in [5.74, 6) is 3.93. The number of aryl methyl sites for hydroxylation is 1. The van der Waals surface area contributed by atoms with E-state index in [1.54, 1.807) is 26.9 Å². The van der Waals surface area contributed by atoms with Crippen LogP contribution in [0.5, 0.6) is 17.2 Å². The van der Waals surface area contributed by atoms with Crippen molar-refractivity contribution in [3.05, 3.63) is 263 Å². The molecule has 7 heterocycles. The Kier molecular flexibility index (Phi) is 34.8. The van der Waals surface area contributed by atoms with Crippen LogP contribution < -0.4 is 24.3 Å². The summed E-state index contributed by atoms with van der Waals surface area (Å²) in [7, 11) is 7.19. The number of hydrogen-bond acceptors (Lipinski definition) is 12. The van der Waals surface area contributed by atoms with Crippen LogP contribution in [-0.4, -0.2) is 66.8 Å². The van der Waals surface area contributed by atoms with Crippen LogP contribution in [0.3, 0.4) is 0 Å². The summed E-state index contributed by atoms with van der Waals surface area (Å²) < 4.78 is 19.1. The van der Waals surface area contributed by atoms with Crippen LogP contribution in [0, 0.1) is 0 Å². The number of aromatic amines is 1. The van der Waals surface area contributed by atoms with Crippen LogP contribution in [0.25, 0.3) is 81.9 Å². The fourth-order valence-electron chi connectivity index (χ4n) is 20.4. The van der Waals surface area contributed by atoms with E-state index < -0.39 is 0 Å². The second-order valence-electron chi connectivity index (χ2n) is 55.8. The minimum atomic E-state index is -0.250. The zero-order chi connectivity index (χ0) is 110. The van der Waals surface area contributed by atoms with Crippen LogP contribution in [0.1, 0.15) is 450 Å². The topological polar surface area (TPSA) is 168 Å². The van der Waals surface area contributed by atoms with E-state index in [1.165, 1.54) is 138 Å². The second kappa shape index (κ2) is 43.4. The van der Waals surface area contributed by atoms with E-state index in [-0.39, 0.29) is 81.2 Å². The lowest BCUT2D eigenvalue weighted by molar-refractivity contribution is -0.738. The second-order valence-corrected chi connectivity index (χ2v) is 55.8. The molecule has 0 radical (unpaired) electrons. The highest BCUT2D eigenvalue weighted by Crippen LogP contribution is 2.49. The molecule has 146 heavy (non-hydrogen) atoms. The third-order valence-electron chi connectivity index (χ3n) is 28.3. The lowest BCUT2D eigenvalue weighted by Gasteiger charge is -2.34. The number of methoxy groups -OCH3 is 3. The predicted octanol–water partition coefficient (Wildman–Crippen LogP) is 34.7. The Bertz CT molecular complexity index is 7120. The molecule has 0 spiro atoms. The molecular weight excluding hydrogens is 1790 g/mol. The number of H-pyrrole nitrogens is 1. The highest BCUT2D eigenvalue weighted by atomic mass is 16.5. The number of allylic oxidation sites excluding steroid dienone is 2. The third-order valence-corrected chi connectivity index (χ3v) is 28.3. The van der Waals surface area contributed by atoms with Crippen molar-refractivity contribution < 1.29 is 18.9 Å². The van der Waals surface area contributed by atoms with Gasteiger partial charge in [0.25, 0.3) is 5.69 Å². The van der Waals surface area contributed by atoms with Crippen molar-refractivity contribution in [2.75, 3.05) is 21.3 Å². The van der Waals surface area contributed by atoms with Gasteiger partial charge in [-0.3, -0.25) is 29.8 Å². The number of ether oxygens (including phenoxy) is 3. The van der Waals surface area contributed by atoms with E-state index in [0.29, 0.717) is 11.6 Å². The molecule has 0 aliphatic heterocycles. The van der Waals surface area contributed by atoms with Crippen molar-refractivity contribution in [3.8, 4) is 17.2 Å². The van der Waals surface area contributed by atoms with Gasteiger partial charge in [-0.2, -0.15) is 10.2 Å². The summed E-state index contributed by atoms with van der Waals surface area (Å²) in [6.45, 7) is 97.4. The molecule has 786 valence electrons. The van der Waals surface area contributed by atoms with Gasteiger partial charge in [-0.15, -0.1) is 5.10 Å². The molecule has 0 atom stereocenters. The van der Waals surface area contributed by atoms with E-state index in [0.717, 1.165) is 89.4 Å². The Hall–Kier alpha value is -10.9. The molecule has 16 rings (SSSR count). The molecule has 0 unspecified atom stereocenters. The fraction of sp³-hybridized carbons (Fsp3) is 0.530. The van der Waals surface area contributed by atoms with E-state index in [1.807, 2.05) is 44.6 Å². The van der Waals surface area contributed by atoms with Crippen molar-refractivity contribution in [1.29, 1.82) is 0 Å². The number of para-hydroxylation sites is 4. The van der Waals surface area contributed by atoms with Crippen LogP contribution in [-0.2, 0) is 82.9 Å². The van der Waals surface area contributed by atoms with Gasteiger partial charge in [0.1, 0.15) is 28.2 Å². The minimum absolute atomic E-state index is 0.0131. The Labute approximate surface area is 880 Å². The normalized spacial score (nSPS) is 14.0. The number of benzene rings is 7. The molecule has 0 bridgehead atoms. The van der Waals surface area contributed by atoms with Crippen molar-refractivity contribution in [2.24, 2.45) is 7.05 Å². The molecule has 1 fully saturated rings. The molecule has 2 aliphatic carbocycles. The maximum atomic E-state index is 12.6. The van der Waals surface area contributed by atoms with E-state index in [4.69, 9.17) is 39.2 Å². The van der Waals surface area contributed by atoms with Gasteiger partial charge in [0, 0.05) is 78.3 Å². The molecule has 2 aliphatic rings. The molecular formula is C132H185N10O4+. The minimum Gasteiger partial charge on any atom is -0.496 e. The van der Waals surface area contributed by atoms with E-state index in [9.17, 15) is 4.79 Å². The first-order valence-electron chi connectivity index (χ1n) is 53.6. The summed E-state index contributed by atoms with van der Waals surface area (Å²) in [5, 5.41) is 29.2. The summed E-state index contributed by atoms with van der Waals surface area (Å²) in [6, 6.07) is 47.0.